The van der Waals surface area contributed by atoms with Crippen molar-refractivity contribution < 1.29 is 4.74 Å². The van der Waals surface area contributed by atoms with E-state index in [0.717, 1.165) is 11.5 Å². The van der Waals surface area contributed by atoms with E-state index in [1.165, 1.54) is 92.7 Å². The Morgan fingerprint density at radius 1 is 0.690 bits per heavy atom. The number of aryl methyl sites for hydroxylation is 1. The van der Waals surface area contributed by atoms with Crippen LogP contribution in [0, 0.1) is 0 Å². The average molecular weight is 409 g/mol. The van der Waals surface area contributed by atoms with Crippen LogP contribution in [0.15, 0.2) is 53.9 Å². The molecule has 29 heavy (non-hydrogen) atoms. The highest BCUT2D eigenvalue weighted by Crippen LogP contribution is 2.35. The number of fused-ring (bicyclic) bond motifs is 1. The first kappa shape index (κ1) is 21.9. The molecule has 1 aromatic heterocycles. The summed E-state index contributed by atoms with van der Waals surface area (Å²) in [6, 6.07) is 17.1. The second-order valence-electron chi connectivity index (χ2n) is 8.13. The molecule has 0 radical (unpaired) electrons. The van der Waals surface area contributed by atoms with Crippen LogP contribution in [0.3, 0.4) is 0 Å². The molecule has 0 unspecified atom stereocenters. The van der Waals surface area contributed by atoms with Gasteiger partial charge in [0.25, 0.3) is 0 Å². The van der Waals surface area contributed by atoms with Crippen LogP contribution in [0.4, 0.5) is 0 Å². The number of hydrogen-bond donors (Lipinski definition) is 0. The van der Waals surface area contributed by atoms with Gasteiger partial charge in [0, 0.05) is 15.5 Å². The lowest BCUT2D eigenvalue weighted by Gasteiger charge is -2.06. The lowest BCUT2D eigenvalue weighted by molar-refractivity contribution is 0.490. The van der Waals surface area contributed by atoms with E-state index in [0.29, 0.717) is 0 Å². The fourth-order valence-electron chi connectivity index (χ4n) is 3.88. The summed E-state index contributed by atoms with van der Waals surface area (Å²) in [5.74, 6) is 1.89. The zero-order chi connectivity index (χ0) is 20.2. The van der Waals surface area contributed by atoms with E-state index in [2.05, 4.69) is 60.8 Å². The molecule has 1 heterocycles. The Hall–Kier alpha value is -1.80. The van der Waals surface area contributed by atoms with Crippen molar-refractivity contribution in [3.05, 3.63) is 59.5 Å². The van der Waals surface area contributed by atoms with Crippen LogP contribution in [-0.4, -0.2) is 0 Å². The summed E-state index contributed by atoms with van der Waals surface area (Å²) in [6.07, 6.45) is 16.6. The quantitative estimate of drug-likeness (QED) is 0.241. The molecule has 0 amide bonds. The molecule has 3 aromatic rings. The van der Waals surface area contributed by atoms with Gasteiger partial charge in [-0.25, -0.2) is 0 Å². The van der Waals surface area contributed by atoms with E-state index in [1.807, 2.05) is 0 Å². The Kier molecular flexibility index (Phi) is 9.59. The minimum Gasteiger partial charge on any atom is -0.456 e. The highest BCUT2D eigenvalue weighted by atomic mass is 32.1. The van der Waals surface area contributed by atoms with Crippen molar-refractivity contribution in [2.75, 3.05) is 0 Å². The SMILES string of the molecule is CCCCCCCCCCCCCc1ccc(Oc2csc3ccccc23)cc1. The van der Waals surface area contributed by atoms with Gasteiger partial charge in [-0.3, -0.25) is 0 Å². The van der Waals surface area contributed by atoms with E-state index >= 15 is 0 Å². The largest absolute Gasteiger partial charge is 0.456 e. The fourth-order valence-corrected chi connectivity index (χ4v) is 4.74. The Balaban J connectivity index is 1.29. The number of ether oxygens (including phenoxy) is 1. The lowest BCUT2D eigenvalue weighted by atomic mass is 10.0. The molecule has 0 spiro atoms. The van der Waals surface area contributed by atoms with E-state index in [9.17, 15) is 0 Å². The number of hydrogen-bond acceptors (Lipinski definition) is 2. The minimum atomic E-state index is 0.927. The first-order valence-electron chi connectivity index (χ1n) is 11.6. The lowest BCUT2D eigenvalue weighted by Crippen LogP contribution is -1.88. The predicted molar refractivity (Wildman–Crippen MR) is 129 cm³/mol. The van der Waals surface area contributed by atoms with Crippen LogP contribution in [0.1, 0.15) is 83.1 Å². The highest BCUT2D eigenvalue weighted by molar-refractivity contribution is 7.17. The van der Waals surface area contributed by atoms with Crippen molar-refractivity contribution in [1.29, 1.82) is 0 Å². The summed E-state index contributed by atoms with van der Waals surface area (Å²) in [5, 5.41) is 3.30. The molecule has 2 aromatic carbocycles. The van der Waals surface area contributed by atoms with Crippen LogP contribution in [0.5, 0.6) is 11.5 Å². The molecule has 0 saturated heterocycles. The summed E-state index contributed by atoms with van der Waals surface area (Å²) in [6.45, 7) is 2.29. The van der Waals surface area contributed by atoms with Crippen LogP contribution >= 0.6 is 11.3 Å². The Bertz CT molecular complexity index is 818. The summed E-state index contributed by atoms with van der Waals surface area (Å²) >= 11 is 1.74. The van der Waals surface area contributed by atoms with Crippen LogP contribution in [0.2, 0.25) is 0 Å². The molecule has 0 aliphatic rings. The Labute approximate surface area is 181 Å². The third-order valence-corrected chi connectivity index (χ3v) is 6.61. The predicted octanol–water partition coefficient (Wildman–Crippen LogP) is 9.55. The van der Waals surface area contributed by atoms with Gasteiger partial charge in [0.05, 0.1) is 0 Å². The Morgan fingerprint density at radius 3 is 2.00 bits per heavy atom. The van der Waals surface area contributed by atoms with Gasteiger partial charge in [-0.15, -0.1) is 11.3 Å². The third-order valence-electron chi connectivity index (χ3n) is 5.67. The maximum atomic E-state index is 6.11. The Morgan fingerprint density at radius 2 is 1.31 bits per heavy atom. The minimum absolute atomic E-state index is 0.927. The second-order valence-corrected chi connectivity index (χ2v) is 9.04. The second kappa shape index (κ2) is 12.7. The molecule has 2 heteroatoms. The van der Waals surface area contributed by atoms with Crippen LogP contribution in [0.25, 0.3) is 10.1 Å². The maximum Gasteiger partial charge on any atom is 0.145 e. The van der Waals surface area contributed by atoms with E-state index in [-0.39, 0.29) is 0 Å². The van der Waals surface area contributed by atoms with E-state index in [4.69, 9.17) is 4.74 Å². The van der Waals surface area contributed by atoms with Crippen molar-refractivity contribution in [1.82, 2.24) is 0 Å². The van der Waals surface area contributed by atoms with Gasteiger partial charge in [0.15, 0.2) is 0 Å². The summed E-state index contributed by atoms with van der Waals surface area (Å²) in [5.41, 5.74) is 1.42. The molecule has 0 fully saturated rings. The van der Waals surface area contributed by atoms with Gasteiger partial charge in [-0.05, 0) is 42.7 Å². The summed E-state index contributed by atoms with van der Waals surface area (Å²) in [7, 11) is 0. The molecular weight excluding hydrogens is 372 g/mol. The van der Waals surface area contributed by atoms with Gasteiger partial charge >= 0.3 is 0 Å². The molecule has 0 N–H and O–H groups in total. The zero-order valence-corrected chi connectivity index (χ0v) is 18.8. The van der Waals surface area contributed by atoms with E-state index < -0.39 is 0 Å². The number of rotatable bonds is 14. The van der Waals surface area contributed by atoms with Crippen molar-refractivity contribution in [2.45, 2.75) is 84.0 Å². The standard InChI is InChI=1S/C27H36OS/c1-2-3-4-5-6-7-8-9-10-11-12-15-23-18-20-24(21-19-23)28-26-22-29-27-17-14-13-16-25(26)27/h13-14,16-22H,2-12,15H2,1H3. The van der Waals surface area contributed by atoms with Crippen LogP contribution < -0.4 is 4.74 Å². The molecule has 1 nitrogen and oxygen atoms in total. The topological polar surface area (TPSA) is 9.23 Å². The molecular formula is C27H36OS. The van der Waals surface area contributed by atoms with Gasteiger partial charge < -0.3 is 4.74 Å². The fraction of sp³-hybridized carbons (Fsp3) is 0.481. The first-order chi connectivity index (χ1) is 14.4. The summed E-state index contributed by atoms with van der Waals surface area (Å²) in [4.78, 5) is 0. The zero-order valence-electron chi connectivity index (χ0n) is 18.0. The van der Waals surface area contributed by atoms with Gasteiger partial charge in [-0.2, -0.15) is 0 Å². The summed E-state index contributed by atoms with van der Waals surface area (Å²) < 4.78 is 7.38. The molecule has 0 bridgehead atoms. The van der Waals surface area contributed by atoms with Crippen molar-refractivity contribution in [3.63, 3.8) is 0 Å². The molecule has 0 aliphatic heterocycles. The van der Waals surface area contributed by atoms with Gasteiger partial charge in [0.1, 0.15) is 11.5 Å². The smallest absolute Gasteiger partial charge is 0.145 e. The molecule has 3 rings (SSSR count). The van der Waals surface area contributed by atoms with Crippen molar-refractivity contribution in [3.8, 4) is 11.5 Å². The monoisotopic (exact) mass is 408 g/mol. The van der Waals surface area contributed by atoms with E-state index in [1.54, 1.807) is 11.3 Å². The number of thiophene rings is 1. The first-order valence-corrected chi connectivity index (χ1v) is 12.5. The van der Waals surface area contributed by atoms with Gasteiger partial charge in [-0.1, -0.05) is 95.4 Å². The molecule has 156 valence electrons. The van der Waals surface area contributed by atoms with Crippen molar-refractivity contribution in [2.24, 2.45) is 0 Å². The maximum absolute atomic E-state index is 6.11. The molecule has 0 atom stereocenters. The average Bonchev–Trinajstić information content (AvgIpc) is 3.16. The normalized spacial score (nSPS) is 11.2. The highest BCUT2D eigenvalue weighted by Gasteiger charge is 2.05. The molecule has 0 saturated carbocycles. The molecule has 0 aliphatic carbocycles. The number of unbranched alkanes of at least 4 members (excludes halogenated alkanes) is 10. The third kappa shape index (κ3) is 7.51. The number of benzene rings is 2. The van der Waals surface area contributed by atoms with Gasteiger partial charge in [0.2, 0.25) is 0 Å². The van der Waals surface area contributed by atoms with Crippen LogP contribution in [-0.2, 0) is 6.42 Å². The van der Waals surface area contributed by atoms with Crippen molar-refractivity contribution >= 4 is 21.4 Å².